The highest BCUT2D eigenvalue weighted by molar-refractivity contribution is 5.87. The summed E-state index contributed by atoms with van der Waals surface area (Å²) >= 11 is 0. The lowest BCUT2D eigenvalue weighted by atomic mass is 10.1. The van der Waals surface area contributed by atoms with E-state index in [0.717, 1.165) is 5.56 Å². The van der Waals surface area contributed by atoms with E-state index >= 15 is 0 Å². The van der Waals surface area contributed by atoms with E-state index in [4.69, 9.17) is 5.11 Å². The maximum Gasteiger partial charge on any atom is 0.335 e. The van der Waals surface area contributed by atoms with Gasteiger partial charge in [-0.1, -0.05) is 12.1 Å². The zero-order valence-electron chi connectivity index (χ0n) is 11.0. The molecule has 0 radical (unpaired) electrons. The van der Waals surface area contributed by atoms with Crippen molar-refractivity contribution in [3.8, 4) is 0 Å². The molecule has 0 fully saturated rings. The van der Waals surface area contributed by atoms with E-state index in [0.29, 0.717) is 13.0 Å². The van der Waals surface area contributed by atoms with E-state index in [1.807, 2.05) is 0 Å². The molecular formula is C13H13N5O3. The summed E-state index contributed by atoms with van der Waals surface area (Å²) in [4.78, 5) is 26.1. The van der Waals surface area contributed by atoms with E-state index in [1.54, 1.807) is 12.1 Å². The Morgan fingerprint density at radius 3 is 2.52 bits per heavy atom. The molecule has 2 amide bonds. The number of anilines is 1. The van der Waals surface area contributed by atoms with E-state index in [-0.39, 0.29) is 11.5 Å². The number of carbonyl (C=O) groups is 2. The second kappa shape index (κ2) is 6.94. The average molecular weight is 287 g/mol. The number of nitrogens with one attached hydrogen (secondary N) is 2. The SMILES string of the molecule is O=C(NCCc1ccc(C(=O)O)cc1)Nc1nccnn1. The standard InChI is InChI=1S/C13H13N5O3/c19-11(20)10-3-1-9(2-4-10)5-6-15-13(21)17-12-14-7-8-16-18-12/h1-4,7-8H,5-6H2,(H,19,20)(H2,14,15,17,18,21). The lowest BCUT2D eigenvalue weighted by Gasteiger charge is -2.06. The van der Waals surface area contributed by atoms with Gasteiger partial charge in [0.15, 0.2) is 0 Å². The van der Waals surface area contributed by atoms with Gasteiger partial charge in [0, 0.05) is 6.54 Å². The van der Waals surface area contributed by atoms with Gasteiger partial charge >= 0.3 is 12.0 Å². The van der Waals surface area contributed by atoms with Gasteiger partial charge in [-0.15, -0.1) is 5.10 Å². The maximum absolute atomic E-state index is 11.5. The second-order valence-electron chi connectivity index (χ2n) is 4.10. The molecule has 2 rings (SSSR count). The number of carboxylic acid groups (broad SMARTS) is 1. The van der Waals surface area contributed by atoms with Crippen molar-refractivity contribution in [2.24, 2.45) is 0 Å². The van der Waals surface area contributed by atoms with Crippen LogP contribution in [0.3, 0.4) is 0 Å². The maximum atomic E-state index is 11.5. The first-order chi connectivity index (χ1) is 10.1. The Bertz CT molecular complexity index is 615. The fourth-order valence-corrected chi connectivity index (χ4v) is 1.58. The number of hydrogen-bond donors (Lipinski definition) is 3. The van der Waals surface area contributed by atoms with E-state index < -0.39 is 12.0 Å². The summed E-state index contributed by atoms with van der Waals surface area (Å²) in [5.41, 5.74) is 1.16. The minimum Gasteiger partial charge on any atom is -0.478 e. The van der Waals surface area contributed by atoms with Crippen molar-refractivity contribution in [1.82, 2.24) is 20.5 Å². The van der Waals surface area contributed by atoms with Crippen molar-refractivity contribution in [1.29, 1.82) is 0 Å². The molecule has 2 aromatic rings. The van der Waals surface area contributed by atoms with Crippen LogP contribution in [0, 0.1) is 0 Å². The Labute approximate surface area is 120 Å². The van der Waals surface area contributed by atoms with Crippen molar-refractivity contribution >= 4 is 17.9 Å². The Morgan fingerprint density at radius 1 is 1.14 bits per heavy atom. The molecule has 0 unspecified atom stereocenters. The Hall–Kier alpha value is -3.03. The minimum absolute atomic E-state index is 0.126. The van der Waals surface area contributed by atoms with Crippen molar-refractivity contribution in [3.05, 3.63) is 47.8 Å². The number of benzene rings is 1. The molecule has 3 N–H and O–H groups in total. The molecule has 1 aromatic carbocycles. The van der Waals surface area contributed by atoms with E-state index in [1.165, 1.54) is 24.5 Å². The van der Waals surface area contributed by atoms with Crippen LogP contribution < -0.4 is 10.6 Å². The van der Waals surface area contributed by atoms with Crippen molar-refractivity contribution < 1.29 is 14.7 Å². The van der Waals surface area contributed by atoms with Crippen LogP contribution in [-0.4, -0.2) is 38.8 Å². The molecule has 0 bridgehead atoms. The molecular weight excluding hydrogens is 274 g/mol. The highest BCUT2D eigenvalue weighted by atomic mass is 16.4. The van der Waals surface area contributed by atoms with Gasteiger partial charge in [-0.2, -0.15) is 5.10 Å². The zero-order valence-corrected chi connectivity index (χ0v) is 11.0. The number of aromatic carboxylic acids is 1. The van der Waals surface area contributed by atoms with Gasteiger partial charge in [0.25, 0.3) is 5.95 Å². The van der Waals surface area contributed by atoms with Crippen molar-refractivity contribution in [2.75, 3.05) is 11.9 Å². The smallest absolute Gasteiger partial charge is 0.335 e. The normalized spacial score (nSPS) is 9.90. The molecule has 1 heterocycles. The van der Waals surface area contributed by atoms with Gasteiger partial charge in [-0.3, -0.25) is 5.32 Å². The van der Waals surface area contributed by atoms with Crippen LogP contribution in [0.1, 0.15) is 15.9 Å². The molecule has 8 heteroatoms. The van der Waals surface area contributed by atoms with Crippen LogP contribution in [0.2, 0.25) is 0 Å². The molecule has 108 valence electrons. The second-order valence-corrected chi connectivity index (χ2v) is 4.10. The summed E-state index contributed by atoms with van der Waals surface area (Å²) in [6.45, 7) is 0.401. The summed E-state index contributed by atoms with van der Waals surface area (Å²) in [5, 5.41) is 21.1. The summed E-state index contributed by atoms with van der Waals surface area (Å²) in [5.74, 6) is -0.837. The van der Waals surface area contributed by atoms with Crippen LogP contribution in [-0.2, 0) is 6.42 Å². The Kier molecular flexibility index (Phi) is 4.75. The number of aromatic nitrogens is 3. The van der Waals surface area contributed by atoms with Crippen LogP contribution >= 0.6 is 0 Å². The molecule has 0 aliphatic carbocycles. The predicted octanol–water partition coefficient (Wildman–Crippen LogP) is 0.934. The topological polar surface area (TPSA) is 117 Å². The van der Waals surface area contributed by atoms with Gasteiger partial charge in [-0.05, 0) is 24.1 Å². The van der Waals surface area contributed by atoms with Crippen LogP contribution in [0.4, 0.5) is 10.7 Å². The number of nitrogens with zero attached hydrogens (tertiary/aromatic N) is 3. The number of urea groups is 1. The third-order valence-corrected chi connectivity index (χ3v) is 2.61. The van der Waals surface area contributed by atoms with Crippen LogP contribution in [0.25, 0.3) is 0 Å². The van der Waals surface area contributed by atoms with E-state index in [9.17, 15) is 9.59 Å². The average Bonchev–Trinajstić information content (AvgIpc) is 2.49. The Balaban J connectivity index is 1.76. The van der Waals surface area contributed by atoms with Gasteiger partial charge in [0.05, 0.1) is 18.0 Å². The summed E-state index contributed by atoms with van der Waals surface area (Å²) in [6.07, 6.45) is 3.41. The summed E-state index contributed by atoms with van der Waals surface area (Å²) in [6, 6.07) is 6.06. The first kappa shape index (κ1) is 14.4. The minimum atomic E-state index is -0.962. The first-order valence-electron chi connectivity index (χ1n) is 6.16. The molecule has 0 aliphatic heterocycles. The van der Waals surface area contributed by atoms with Crippen molar-refractivity contribution in [2.45, 2.75) is 6.42 Å². The van der Waals surface area contributed by atoms with Gasteiger partial charge in [0.2, 0.25) is 0 Å². The van der Waals surface area contributed by atoms with Gasteiger partial charge in [0.1, 0.15) is 0 Å². The number of hydrogen-bond acceptors (Lipinski definition) is 5. The van der Waals surface area contributed by atoms with Gasteiger partial charge in [-0.25, -0.2) is 14.6 Å². The third kappa shape index (κ3) is 4.53. The third-order valence-electron chi connectivity index (χ3n) is 2.61. The Morgan fingerprint density at radius 2 is 1.90 bits per heavy atom. The first-order valence-corrected chi connectivity index (χ1v) is 6.16. The van der Waals surface area contributed by atoms with Crippen LogP contribution in [0.5, 0.6) is 0 Å². The monoisotopic (exact) mass is 287 g/mol. The zero-order chi connectivity index (χ0) is 15.1. The lowest BCUT2D eigenvalue weighted by Crippen LogP contribution is -2.31. The number of carbonyl (C=O) groups excluding carboxylic acids is 1. The molecule has 0 atom stereocenters. The molecule has 0 saturated heterocycles. The summed E-state index contributed by atoms with van der Waals surface area (Å²) < 4.78 is 0. The van der Waals surface area contributed by atoms with Crippen LogP contribution in [0.15, 0.2) is 36.7 Å². The fourth-order valence-electron chi connectivity index (χ4n) is 1.58. The van der Waals surface area contributed by atoms with Gasteiger partial charge < -0.3 is 10.4 Å². The quantitative estimate of drug-likeness (QED) is 0.753. The predicted molar refractivity (Wildman–Crippen MR) is 74.0 cm³/mol. The van der Waals surface area contributed by atoms with E-state index in [2.05, 4.69) is 25.8 Å². The molecule has 21 heavy (non-hydrogen) atoms. The number of carboxylic acids is 1. The molecule has 0 aliphatic rings. The number of rotatable bonds is 5. The fraction of sp³-hybridized carbons (Fsp3) is 0.154. The highest BCUT2D eigenvalue weighted by Gasteiger charge is 2.04. The highest BCUT2D eigenvalue weighted by Crippen LogP contribution is 2.04. The molecule has 0 saturated carbocycles. The summed E-state index contributed by atoms with van der Waals surface area (Å²) in [7, 11) is 0. The molecule has 1 aromatic heterocycles. The van der Waals surface area contributed by atoms with Crippen molar-refractivity contribution in [3.63, 3.8) is 0 Å². The lowest BCUT2D eigenvalue weighted by molar-refractivity contribution is 0.0697. The molecule has 0 spiro atoms. The largest absolute Gasteiger partial charge is 0.478 e. The molecule has 8 nitrogen and oxygen atoms in total. The number of amides is 2.